The maximum Gasteiger partial charge on any atom is 0.306 e. The Kier molecular flexibility index (Phi) is 4.07. The van der Waals surface area contributed by atoms with Crippen LogP contribution in [-0.4, -0.2) is 34.3 Å². The summed E-state index contributed by atoms with van der Waals surface area (Å²) >= 11 is 0. The highest BCUT2D eigenvalue weighted by atomic mass is 16.6. The number of rotatable bonds is 0. The number of fused-ring (bicyclic) bond motifs is 7. The molecule has 1 heterocycles. The Hall–Kier alpha value is -1.74. The van der Waals surface area contributed by atoms with Crippen LogP contribution in [-0.2, 0) is 19.1 Å². The third-order valence-corrected chi connectivity index (χ3v) is 11.0. The van der Waals surface area contributed by atoms with E-state index in [1.807, 2.05) is 0 Å². The summed E-state index contributed by atoms with van der Waals surface area (Å²) < 4.78 is 5.94. The van der Waals surface area contributed by atoms with Crippen LogP contribution in [0.25, 0.3) is 0 Å². The standard InChI is InChI=1S/C24H29NO5.CH4/c1-21-6-4-14(26)19-20(29)12(9-23(19,21)11-25)17-13-3-7-24(8-5-16(28)30-24)22(13,2)10-15(27)18(17)21;/h12-13,15,17-19,27H,3-10H2,1-2H3;1H4. The first-order valence-electron chi connectivity index (χ1n) is 11.5. The molecule has 6 nitrogen and oxygen atoms in total. The van der Waals surface area contributed by atoms with Gasteiger partial charge in [0.1, 0.15) is 17.2 Å². The van der Waals surface area contributed by atoms with E-state index in [2.05, 4.69) is 19.9 Å². The average molecular weight is 428 g/mol. The summed E-state index contributed by atoms with van der Waals surface area (Å²) in [5, 5.41) is 21.9. The second-order valence-corrected chi connectivity index (χ2v) is 11.5. The Balaban J connectivity index is 0.00000204. The normalized spacial score (nSPS) is 56.5. The molecule has 31 heavy (non-hydrogen) atoms. The van der Waals surface area contributed by atoms with E-state index in [0.717, 1.165) is 12.8 Å². The number of hydrogen-bond donors (Lipinski definition) is 1. The third-order valence-electron chi connectivity index (χ3n) is 11.0. The van der Waals surface area contributed by atoms with Gasteiger partial charge in [-0.25, -0.2) is 0 Å². The van der Waals surface area contributed by atoms with Crippen LogP contribution in [0.1, 0.15) is 72.6 Å². The highest BCUT2D eigenvalue weighted by Gasteiger charge is 2.79. The van der Waals surface area contributed by atoms with Crippen molar-refractivity contribution in [2.45, 2.75) is 84.3 Å². The molecule has 6 heteroatoms. The molecule has 0 radical (unpaired) electrons. The third kappa shape index (κ3) is 2.02. The van der Waals surface area contributed by atoms with Gasteiger partial charge in [0.2, 0.25) is 0 Å². The molecule has 10 atom stereocenters. The highest BCUT2D eigenvalue weighted by Crippen LogP contribution is 2.76. The van der Waals surface area contributed by atoms with Gasteiger partial charge in [-0.05, 0) is 61.7 Å². The lowest BCUT2D eigenvalue weighted by Gasteiger charge is -2.64. The van der Waals surface area contributed by atoms with Crippen molar-refractivity contribution in [3.8, 4) is 6.07 Å². The molecule has 5 saturated carbocycles. The minimum absolute atomic E-state index is 0. The van der Waals surface area contributed by atoms with Gasteiger partial charge in [0.25, 0.3) is 0 Å². The summed E-state index contributed by atoms with van der Waals surface area (Å²) in [5.74, 6) is -1.52. The number of ketones is 2. The summed E-state index contributed by atoms with van der Waals surface area (Å²) in [6, 6.07) is 2.47. The zero-order valence-electron chi connectivity index (χ0n) is 17.6. The van der Waals surface area contributed by atoms with Crippen LogP contribution < -0.4 is 0 Å². The van der Waals surface area contributed by atoms with Gasteiger partial charge in [0.15, 0.2) is 0 Å². The molecular weight excluding hydrogens is 394 g/mol. The van der Waals surface area contributed by atoms with Gasteiger partial charge in [-0.15, -0.1) is 0 Å². The Bertz CT molecular complexity index is 939. The molecular formula is C25H33NO5. The molecule has 0 aromatic heterocycles. The summed E-state index contributed by atoms with van der Waals surface area (Å²) in [6.07, 6.45) is 3.95. The van der Waals surface area contributed by atoms with Crippen molar-refractivity contribution in [2.24, 2.45) is 45.8 Å². The lowest BCUT2D eigenvalue weighted by molar-refractivity contribution is -0.213. The zero-order chi connectivity index (χ0) is 21.3. The Labute approximate surface area is 183 Å². The molecule has 168 valence electrons. The van der Waals surface area contributed by atoms with Crippen LogP contribution in [0.2, 0.25) is 0 Å². The van der Waals surface area contributed by atoms with E-state index < -0.39 is 28.5 Å². The topological polar surface area (TPSA) is 104 Å². The number of carbonyl (C=O) groups is 3. The molecule has 1 aliphatic heterocycles. The number of aliphatic hydroxyl groups is 1. The molecule has 2 bridgehead atoms. The van der Waals surface area contributed by atoms with Crippen LogP contribution in [0.4, 0.5) is 0 Å². The van der Waals surface area contributed by atoms with E-state index in [9.17, 15) is 24.8 Å². The van der Waals surface area contributed by atoms with Crippen LogP contribution in [0.3, 0.4) is 0 Å². The maximum atomic E-state index is 13.6. The van der Waals surface area contributed by atoms with Crippen LogP contribution in [0.5, 0.6) is 0 Å². The summed E-state index contributed by atoms with van der Waals surface area (Å²) in [6.45, 7) is 4.21. The lowest BCUT2D eigenvalue weighted by atomic mass is 9.39. The molecule has 6 fully saturated rings. The highest BCUT2D eigenvalue weighted by molar-refractivity contribution is 6.07. The van der Waals surface area contributed by atoms with E-state index in [1.165, 1.54) is 0 Å². The minimum Gasteiger partial charge on any atom is -0.458 e. The van der Waals surface area contributed by atoms with Crippen molar-refractivity contribution >= 4 is 17.5 Å². The predicted molar refractivity (Wildman–Crippen MR) is 110 cm³/mol. The summed E-state index contributed by atoms with van der Waals surface area (Å²) in [5.41, 5.74) is -2.44. The first-order chi connectivity index (χ1) is 14.1. The minimum atomic E-state index is -0.976. The first kappa shape index (κ1) is 21.1. The molecule has 10 unspecified atom stereocenters. The number of hydrogen-bond acceptors (Lipinski definition) is 6. The quantitative estimate of drug-likeness (QED) is 0.470. The SMILES string of the molecule is C.CC12CC(O)C3C(C4CC5(C#N)C(C(=O)CCC35C)C4=O)C1CCC21CCC(=O)O1. The van der Waals surface area contributed by atoms with Gasteiger partial charge in [-0.1, -0.05) is 21.3 Å². The van der Waals surface area contributed by atoms with E-state index in [-0.39, 0.29) is 54.0 Å². The zero-order valence-corrected chi connectivity index (χ0v) is 17.6. The van der Waals surface area contributed by atoms with E-state index in [4.69, 9.17) is 4.74 Å². The van der Waals surface area contributed by atoms with Crippen molar-refractivity contribution in [2.75, 3.05) is 0 Å². The Morgan fingerprint density at radius 3 is 2.45 bits per heavy atom. The van der Waals surface area contributed by atoms with Crippen molar-refractivity contribution in [1.82, 2.24) is 0 Å². The largest absolute Gasteiger partial charge is 0.458 e. The van der Waals surface area contributed by atoms with Crippen LogP contribution >= 0.6 is 0 Å². The monoisotopic (exact) mass is 427 g/mol. The number of Topliss-reactive ketones (excluding diaryl/α,β-unsaturated/α-hetero) is 2. The van der Waals surface area contributed by atoms with Gasteiger partial charge in [-0.2, -0.15) is 5.26 Å². The Morgan fingerprint density at radius 1 is 1.06 bits per heavy atom. The summed E-state index contributed by atoms with van der Waals surface area (Å²) in [7, 11) is 0. The molecule has 6 rings (SSSR count). The number of nitrogens with zero attached hydrogens (tertiary/aromatic N) is 1. The molecule has 1 spiro atoms. The second kappa shape index (κ2) is 5.98. The van der Waals surface area contributed by atoms with Crippen molar-refractivity contribution in [3.63, 3.8) is 0 Å². The van der Waals surface area contributed by atoms with Crippen LogP contribution in [0.15, 0.2) is 0 Å². The number of ether oxygens (including phenoxy) is 1. The number of nitriles is 1. The molecule has 0 aromatic rings. The molecule has 6 aliphatic rings. The molecule has 5 aliphatic carbocycles. The van der Waals surface area contributed by atoms with Gasteiger partial charge < -0.3 is 9.84 Å². The molecule has 1 N–H and O–H groups in total. The number of aliphatic hydroxyl groups excluding tert-OH is 1. The van der Waals surface area contributed by atoms with E-state index in [0.29, 0.717) is 38.5 Å². The smallest absolute Gasteiger partial charge is 0.306 e. The number of esters is 1. The molecule has 1 saturated heterocycles. The molecule has 0 aromatic carbocycles. The van der Waals surface area contributed by atoms with Gasteiger partial charge in [0, 0.05) is 24.2 Å². The summed E-state index contributed by atoms with van der Waals surface area (Å²) in [4.78, 5) is 38.5. The van der Waals surface area contributed by atoms with E-state index in [1.54, 1.807) is 0 Å². The van der Waals surface area contributed by atoms with Crippen LogP contribution in [0, 0.1) is 57.2 Å². The van der Waals surface area contributed by atoms with Gasteiger partial charge in [-0.3, -0.25) is 14.4 Å². The second-order valence-electron chi connectivity index (χ2n) is 11.5. The molecule has 0 amide bonds. The van der Waals surface area contributed by atoms with Gasteiger partial charge in [0.05, 0.1) is 23.5 Å². The van der Waals surface area contributed by atoms with E-state index >= 15 is 0 Å². The lowest BCUT2D eigenvalue weighted by Crippen LogP contribution is -2.65. The first-order valence-corrected chi connectivity index (χ1v) is 11.5. The van der Waals surface area contributed by atoms with Crippen molar-refractivity contribution in [3.05, 3.63) is 0 Å². The van der Waals surface area contributed by atoms with Crippen molar-refractivity contribution < 1.29 is 24.2 Å². The van der Waals surface area contributed by atoms with Crippen molar-refractivity contribution in [1.29, 1.82) is 5.26 Å². The fourth-order valence-corrected chi connectivity index (χ4v) is 9.73. The average Bonchev–Trinajstić information content (AvgIpc) is 3.31. The maximum absolute atomic E-state index is 13.6. The Morgan fingerprint density at radius 2 is 1.81 bits per heavy atom. The van der Waals surface area contributed by atoms with Gasteiger partial charge >= 0.3 is 5.97 Å². The fraction of sp³-hybridized carbons (Fsp3) is 0.840. The fourth-order valence-electron chi connectivity index (χ4n) is 9.73. The predicted octanol–water partition coefficient (Wildman–Crippen LogP) is 3.21. The number of carbonyl (C=O) groups excluding carboxylic acids is 3.